The predicted octanol–water partition coefficient (Wildman–Crippen LogP) is 2.14. The van der Waals surface area contributed by atoms with Crippen molar-refractivity contribution in [1.29, 1.82) is 0 Å². The molecule has 1 atom stereocenters. The standard InChI is InChI=1S/C11H23NO/c1-9(2)11-8-13-7-5-6-12(11)10(3)4/h9-11H,5-8H2,1-4H3/t11-/m1/s1. The maximum Gasteiger partial charge on any atom is 0.0624 e. The minimum Gasteiger partial charge on any atom is -0.380 e. The fourth-order valence-corrected chi connectivity index (χ4v) is 2.03. The van der Waals surface area contributed by atoms with Crippen LogP contribution < -0.4 is 0 Å². The Morgan fingerprint density at radius 3 is 2.46 bits per heavy atom. The van der Waals surface area contributed by atoms with Crippen LogP contribution in [0.5, 0.6) is 0 Å². The Morgan fingerprint density at radius 1 is 1.23 bits per heavy atom. The van der Waals surface area contributed by atoms with E-state index in [1.54, 1.807) is 0 Å². The van der Waals surface area contributed by atoms with Crippen LogP contribution in [-0.2, 0) is 4.74 Å². The van der Waals surface area contributed by atoms with Crippen LogP contribution in [-0.4, -0.2) is 36.7 Å². The summed E-state index contributed by atoms with van der Waals surface area (Å²) in [6.07, 6.45) is 1.18. The Hall–Kier alpha value is -0.0800. The molecular weight excluding hydrogens is 162 g/mol. The molecular formula is C11H23NO. The van der Waals surface area contributed by atoms with Crippen molar-refractivity contribution in [3.05, 3.63) is 0 Å². The van der Waals surface area contributed by atoms with E-state index in [1.165, 1.54) is 13.0 Å². The molecule has 13 heavy (non-hydrogen) atoms. The van der Waals surface area contributed by atoms with E-state index in [2.05, 4.69) is 32.6 Å². The van der Waals surface area contributed by atoms with Crippen molar-refractivity contribution in [2.45, 2.75) is 46.2 Å². The molecule has 0 bridgehead atoms. The summed E-state index contributed by atoms with van der Waals surface area (Å²) in [4.78, 5) is 2.58. The maximum absolute atomic E-state index is 5.61. The molecule has 0 aliphatic carbocycles. The molecule has 0 aromatic carbocycles. The van der Waals surface area contributed by atoms with E-state index in [4.69, 9.17) is 4.74 Å². The molecule has 1 saturated heterocycles. The Balaban J connectivity index is 2.61. The van der Waals surface area contributed by atoms with Crippen LogP contribution >= 0.6 is 0 Å². The van der Waals surface area contributed by atoms with Gasteiger partial charge in [-0.15, -0.1) is 0 Å². The van der Waals surface area contributed by atoms with Crippen LogP contribution in [0.1, 0.15) is 34.1 Å². The minimum absolute atomic E-state index is 0.613. The summed E-state index contributed by atoms with van der Waals surface area (Å²) in [5, 5.41) is 0. The number of hydrogen-bond donors (Lipinski definition) is 0. The first kappa shape index (κ1) is 11.0. The topological polar surface area (TPSA) is 12.5 Å². The third-order valence-corrected chi connectivity index (χ3v) is 2.85. The van der Waals surface area contributed by atoms with E-state index >= 15 is 0 Å². The van der Waals surface area contributed by atoms with E-state index in [0.717, 1.165) is 13.2 Å². The van der Waals surface area contributed by atoms with Crippen LogP contribution in [0.3, 0.4) is 0 Å². The lowest BCUT2D eigenvalue weighted by Gasteiger charge is -2.35. The van der Waals surface area contributed by atoms with Crippen molar-refractivity contribution in [2.24, 2.45) is 5.92 Å². The van der Waals surface area contributed by atoms with Crippen LogP contribution in [0.2, 0.25) is 0 Å². The van der Waals surface area contributed by atoms with Crippen LogP contribution in [0.4, 0.5) is 0 Å². The number of ether oxygens (including phenoxy) is 1. The van der Waals surface area contributed by atoms with E-state index in [0.29, 0.717) is 18.0 Å². The normalized spacial score (nSPS) is 26.8. The van der Waals surface area contributed by atoms with E-state index in [1.807, 2.05) is 0 Å². The zero-order valence-electron chi connectivity index (χ0n) is 9.42. The van der Waals surface area contributed by atoms with Gasteiger partial charge in [-0.2, -0.15) is 0 Å². The van der Waals surface area contributed by atoms with Crippen molar-refractivity contribution < 1.29 is 4.74 Å². The predicted molar refractivity (Wildman–Crippen MR) is 55.9 cm³/mol. The van der Waals surface area contributed by atoms with Gasteiger partial charge < -0.3 is 4.74 Å². The highest BCUT2D eigenvalue weighted by Crippen LogP contribution is 2.17. The van der Waals surface area contributed by atoms with Gasteiger partial charge in [0.25, 0.3) is 0 Å². The Kier molecular flexibility index (Phi) is 4.20. The summed E-state index contributed by atoms with van der Waals surface area (Å²) >= 11 is 0. The first-order valence-corrected chi connectivity index (χ1v) is 5.46. The van der Waals surface area contributed by atoms with Gasteiger partial charge in [-0.05, 0) is 26.2 Å². The van der Waals surface area contributed by atoms with Gasteiger partial charge in [-0.25, -0.2) is 0 Å². The summed E-state index contributed by atoms with van der Waals surface area (Å²) in [7, 11) is 0. The summed E-state index contributed by atoms with van der Waals surface area (Å²) in [6.45, 7) is 12.2. The third kappa shape index (κ3) is 2.96. The molecule has 1 heterocycles. The van der Waals surface area contributed by atoms with Crippen LogP contribution in [0.15, 0.2) is 0 Å². The molecule has 0 aromatic rings. The first-order chi connectivity index (χ1) is 6.13. The van der Waals surface area contributed by atoms with Gasteiger partial charge in [0.15, 0.2) is 0 Å². The van der Waals surface area contributed by atoms with Crippen molar-refractivity contribution >= 4 is 0 Å². The van der Waals surface area contributed by atoms with Crippen molar-refractivity contribution in [3.8, 4) is 0 Å². The SMILES string of the molecule is CC(C)[C@H]1COCCCN1C(C)C. The van der Waals surface area contributed by atoms with E-state index in [9.17, 15) is 0 Å². The molecule has 1 fully saturated rings. The fraction of sp³-hybridized carbons (Fsp3) is 1.00. The second-order valence-corrected chi connectivity index (χ2v) is 4.57. The zero-order chi connectivity index (χ0) is 9.84. The lowest BCUT2D eigenvalue weighted by atomic mass is 10.0. The average molecular weight is 185 g/mol. The zero-order valence-corrected chi connectivity index (χ0v) is 9.42. The monoisotopic (exact) mass is 185 g/mol. The molecule has 0 radical (unpaired) electrons. The minimum atomic E-state index is 0.613. The quantitative estimate of drug-likeness (QED) is 0.653. The largest absolute Gasteiger partial charge is 0.380 e. The summed E-state index contributed by atoms with van der Waals surface area (Å²) < 4.78 is 5.61. The van der Waals surface area contributed by atoms with Crippen molar-refractivity contribution in [2.75, 3.05) is 19.8 Å². The second-order valence-electron chi connectivity index (χ2n) is 4.57. The maximum atomic E-state index is 5.61. The van der Waals surface area contributed by atoms with Gasteiger partial charge in [0.2, 0.25) is 0 Å². The lowest BCUT2D eigenvalue weighted by Crippen LogP contribution is -2.45. The summed E-state index contributed by atoms with van der Waals surface area (Å²) in [5.41, 5.74) is 0. The van der Waals surface area contributed by atoms with Gasteiger partial charge in [0, 0.05) is 25.2 Å². The number of rotatable bonds is 2. The highest BCUT2D eigenvalue weighted by Gasteiger charge is 2.25. The molecule has 0 spiro atoms. The Labute approximate surface area is 82.3 Å². The third-order valence-electron chi connectivity index (χ3n) is 2.85. The second kappa shape index (κ2) is 4.97. The smallest absolute Gasteiger partial charge is 0.0624 e. The summed E-state index contributed by atoms with van der Waals surface area (Å²) in [6, 6.07) is 1.26. The molecule has 1 aliphatic rings. The molecule has 78 valence electrons. The molecule has 0 unspecified atom stereocenters. The van der Waals surface area contributed by atoms with E-state index < -0.39 is 0 Å². The highest BCUT2D eigenvalue weighted by atomic mass is 16.5. The first-order valence-electron chi connectivity index (χ1n) is 5.46. The van der Waals surface area contributed by atoms with Crippen LogP contribution in [0, 0.1) is 5.92 Å². The van der Waals surface area contributed by atoms with Gasteiger partial charge in [-0.1, -0.05) is 13.8 Å². The van der Waals surface area contributed by atoms with Gasteiger partial charge in [0.05, 0.1) is 6.61 Å². The Morgan fingerprint density at radius 2 is 1.92 bits per heavy atom. The number of nitrogens with zero attached hydrogens (tertiary/aromatic N) is 1. The van der Waals surface area contributed by atoms with Crippen molar-refractivity contribution in [3.63, 3.8) is 0 Å². The highest BCUT2D eigenvalue weighted by molar-refractivity contribution is 4.79. The fourth-order valence-electron chi connectivity index (χ4n) is 2.03. The molecule has 1 rings (SSSR count). The van der Waals surface area contributed by atoms with Gasteiger partial charge in [0.1, 0.15) is 0 Å². The number of hydrogen-bond acceptors (Lipinski definition) is 2. The van der Waals surface area contributed by atoms with Gasteiger partial charge in [-0.3, -0.25) is 4.90 Å². The molecule has 0 N–H and O–H groups in total. The van der Waals surface area contributed by atoms with E-state index in [-0.39, 0.29) is 0 Å². The molecule has 0 aromatic heterocycles. The molecule has 2 nitrogen and oxygen atoms in total. The summed E-state index contributed by atoms with van der Waals surface area (Å²) in [5.74, 6) is 0.695. The molecule has 2 heteroatoms. The van der Waals surface area contributed by atoms with Crippen LogP contribution in [0.25, 0.3) is 0 Å². The molecule has 0 amide bonds. The lowest BCUT2D eigenvalue weighted by molar-refractivity contribution is 0.0628. The Bertz CT molecular complexity index is 129. The van der Waals surface area contributed by atoms with Gasteiger partial charge >= 0.3 is 0 Å². The molecule has 0 saturated carbocycles. The van der Waals surface area contributed by atoms with Crippen molar-refractivity contribution in [1.82, 2.24) is 4.90 Å². The average Bonchev–Trinajstić information content (AvgIpc) is 2.27. The molecule has 1 aliphatic heterocycles.